The maximum absolute atomic E-state index is 12.3. The Bertz CT molecular complexity index is 469. The summed E-state index contributed by atoms with van der Waals surface area (Å²) < 4.78 is 10.3. The van der Waals surface area contributed by atoms with E-state index in [-0.39, 0.29) is 16.9 Å². The number of nitrogens with two attached hydrogens (primary N) is 1. The second-order valence-corrected chi connectivity index (χ2v) is 4.57. The van der Waals surface area contributed by atoms with Crippen molar-refractivity contribution in [1.82, 2.24) is 4.90 Å². The minimum Gasteiger partial charge on any atom is -0.497 e. The minimum atomic E-state index is -0.320. The molecule has 104 valence electrons. The Kier molecular flexibility index (Phi) is 5.11. The molecule has 0 aromatic heterocycles. The molecule has 0 saturated heterocycles. The molecule has 0 saturated carbocycles. The van der Waals surface area contributed by atoms with Crippen LogP contribution in [-0.2, 0) is 0 Å². The first kappa shape index (κ1) is 15.2. The van der Waals surface area contributed by atoms with Gasteiger partial charge in [-0.05, 0) is 19.1 Å². The predicted molar refractivity (Wildman–Crippen MR) is 77.9 cm³/mol. The first-order valence-electron chi connectivity index (χ1n) is 5.70. The van der Waals surface area contributed by atoms with Crippen molar-refractivity contribution in [3.8, 4) is 11.5 Å². The zero-order valence-corrected chi connectivity index (χ0v) is 12.3. The predicted octanol–water partition coefficient (Wildman–Crippen LogP) is 1.45. The summed E-state index contributed by atoms with van der Waals surface area (Å²) in [6, 6.07) is 4.68. The molecule has 0 bridgehead atoms. The van der Waals surface area contributed by atoms with Crippen LogP contribution < -0.4 is 15.2 Å². The smallest absolute Gasteiger partial charge is 0.254 e. The van der Waals surface area contributed by atoms with E-state index in [0.717, 1.165) is 0 Å². The Hall–Kier alpha value is -1.82. The number of rotatable bonds is 5. The number of methoxy groups -OCH3 is 2. The fraction of sp³-hybridized carbons (Fsp3) is 0.385. The highest BCUT2D eigenvalue weighted by Crippen LogP contribution is 2.23. The highest BCUT2D eigenvalue weighted by molar-refractivity contribution is 7.80. The number of nitrogens with zero attached hydrogens (tertiary/aromatic N) is 1. The van der Waals surface area contributed by atoms with Crippen molar-refractivity contribution in [2.24, 2.45) is 5.73 Å². The number of carbonyl (C=O) groups is 1. The van der Waals surface area contributed by atoms with E-state index in [9.17, 15) is 4.79 Å². The third-order valence-corrected chi connectivity index (χ3v) is 3.25. The molecule has 0 aliphatic carbocycles. The van der Waals surface area contributed by atoms with Gasteiger partial charge in [0.25, 0.3) is 5.91 Å². The number of ether oxygens (including phenoxy) is 2. The largest absolute Gasteiger partial charge is 0.497 e. The number of thiocarbonyl (C=S) groups is 1. The molecule has 2 N–H and O–H groups in total. The van der Waals surface area contributed by atoms with Crippen LogP contribution in [0.15, 0.2) is 18.2 Å². The molecule has 1 atom stereocenters. The van der Waals surface area contributed by atoms with Gasteiger partial charge >= 0.3 is 0 Å². The first-order valence-corrected chi connectivity index (χ1v) is 6.11. The molecule has 0 fully saturated rings. The maximum Gasteiger partial charge on any atom is 0.254 e. The average Bonchev–Trinajstić information content (AvgIpc) is 2.43. The Morgan fingerprint density at radius 2 is 1.74 bits per heavy atom. The molecule has 1 amide bonds. The highest BCUT2D eigenvalue weighted by Gasteiger charge is 2.20. The van der Waals surface area contributed by atoms with Crippen LogP contribution >= 0.6 is 12.2 Å². The topological polar surface area (TPSA) is 64.8 Å². The molecule has 1 rings (SSSR count). The van der Waals surface area contributed by atoms with Crippen LogP contribution in [0, 0.1) is 0 Å². The van der Waals surface area contributed by atoms with Gasteiger partial charge in [-0.25, -0.2) is 0 Å². The van der Waals surface area contributed by atoms with E-state index in [1.165, 1.54) is 19.1 Å². The molecular weight excluding hydrogens is 264 g/mol. The molecule has 5 nitrogen and oxygen atoms in total. The summed E-state index contributed by atoms with van der Waals surface area (Å²) in [6.45, 7) is 1.78. The van der Waals surface area contributed by atoms with Crippen LogP contribution in [0.4, 0.5) is 0 Å². The lowest BCUT2D eigenvalue weighted by atomic mass is 10.1. The molecular formula is C13H18N2O3S. The molecule has 1 unspecified atom stereocenters. The Morgan fingerprint density at radius 1 is 1.26 bits per heavy atom. The summed E-state index contributed by atoms with van der Waals surface area (Å²) in [4.78, 5) is 14.1. The van der Waals surface area contributed by atoms with Crippen LogP contribution in [0.2, 0.25) is 0 Å². The Balaban J connectivity index is 3.08. The van der Waals surface area contributed by atoms with Gasteiger partial charge in [-0.2, -0.15) is 0 Å². The first-order chi connectivity index (χ1) is 8.90. The highest BCUT2D eigenvalue weighted by atomic mass is 32.1. The summed E-state index contributed by atoms with van der Waals surface area (Å²) >= 11 is 4.90. The lowest BCUT2D eigenvalue weighted by Crippen LogP contribution is -2.42. The second kappa shape index (κ2) is 6.38. The molecule has 0 aliphatic rings. The number of likely N-dealkylation sites (N-methyl/N-ethyl adjacent to an activating group) is 1. The van der Waals surface area contributed by atoms with E-state index in [1.54, 1.807) is 32.2 Å². The van der Waals surface area contributed by atoms with Crippen molar-refractivity contribution in [1.29, 1.82) is 0 Å². The fourth-order valence-electron chi connectivity index (χ4n) is 1.50. The van der Waals surface area contributed by atoms with Crippen LogP contribution in [0.1, 0.15) is 17.3 Å². The summed E-state index contributed by atoms with van der Waals surface area (Å²) in [5.74, 6) is 0.913. The van der Waals surface area contributed by atoms with Gasteiger partial charge in [0.15, 0.2) is 0 Å². The van der Waals surface area contributed by atoms with Gasteiger partial charge in [-0.3, -0.25) is 4.79 Å². The normalized spacial score (nSPS) is 11.6. The number of benzene rings is 1. The van der Waals surface area contributed by atoms with Crippen molar-refractivity contribution in [3.05, 3.63) is 23.8 Å². The van der Waals surface area contributed by atoms with Gasteiger partial charge in [-0.1, -0.05) is 12.2 Å². The molecule has 0 heterocycles. The quantitative estimate of drug-likeness (QED) is 0.828. The van der Waals surface area contributed by atoms with Gasteiger partial charge in [0.1, 0.15) is 11.5 Å². The van der Waals surface area contributed by atoms with E-state index in [4.69, 9.17) is 27.4 Å². The van der Waals surface area contributed by atoms with Crippen molar-refractivity contribution in [2.75, 3.05) is 21.3 Å². The molecule has 0 radical (unpaired) electrons. The molecule has 0 aliphatic heterocycles. The van der Waals surface area contributed by atoms with Gasteiger partial charge in [0.05, 0.1) is 25.2 Å². The van der Waals surface area contributed by atoms with Gasteiger partial charge in [0.2, 0.25) is 0 Å². The van der Waals surface area contributed by atoms with Gasteiger partial charge in [0, 0.05) is 18.7 Å². The zero-order chi connectivity index (χ0) is 14.6. The molecule has 19 heavy (non-hydrogen) atoms. The lowest BCUT2D eigenvalue weighted by Gasteiger charge is -2.24. The third kappa shape index (κ3) is 3.57. The van der Waals surface area contributed by atoms with E-state index < -0.39 is 0 Å². The molecule has 0 spiro atoms. The number of carbonyl (C=O) groups excluding carboxylic acids is 1. The Morgan fingerprint density at radius 3 is 2.11 bits per heavy atom. The maximum atomic E-state index is 12.3. The molecule has 1 aromatic carbocycles. The van der Waals surface area contributed by atoms with Crippen LogP contribution in [0.5, 0.6) is 11.5 Å². The molecule has 1 aromatic rings. The van der Waals surface area contributed by atoms with Crippen molar-refractivity contribution >= 4 is 23.1 Å². The summed E-state index contributed by atoms with van der Waals surface area (Å²) in [7, 11) is 4.72. The average molecular weight is 282 g/mol. The molecule has 6 heteroatoms. The van der Waals surface area contributed by atoms with Crippen molar-refractivity contribution in [2.45, 2.75) is 13.0 Å². The monoisotopic (exact) mass is 282 g/mol. The number of amides is 1. The summed E-state index contributed by atoms with van der Waals surface area (Å²) in [5.41, 5.74) is 6.01. The minimum absolute atomic E-state index is 0.197. The summed E-state index contributed by atoms with van der Waals surface area (Å²) in [5, 5.41) is 0. The lowest BCUT2D eigenvalue weighted by molar-refractivity contribution is 0.0778. The standard InChI is InChI=1S/C13H18N2O3S/c1-8(12(14)19)15(2)13(16)9-5-10(17-3)7-11(6-9)18-4/h5-8H,1-4H3,(H2,14,19). The van der Waals surface area contributed by atoms with Crippen LogP contribution in [0.25, 0.3) is 0 Å². The Labute approximate surface area is 118 Å². The summed E-state index contributed by atoms with van der Waals surface area (Å²) in [6.07, 6.45) is 0. The van der Waals surface area contributed by atoms with Crippen molar-refractivity contribution < 1.29 is 14.3 Å². The third-order valence-electron chi connectivity index (χ3n) is 2.91. The second-order valence-electron chi connectivity index (χ2n) is 4.10. The van der Waals surface area contributed by atoms with E-state index >= 15 is 0 Å². The van der Waals surface area contributed by atoms with Gasteiger partial charge in [-0.15, -0.1) is 0 Å². The van der Waals surface area contributed by atoms with Crippen LogP contribution in [-0.4, -0.2) is 43.1 Å². The SMILES string of the molecule is COc1cc(OC)cc(C(=O)N(C)C(C)C(N)=S)c1. The zero-order valence-electron chi connectivity index (χ0n) is 11.5. The van der Waals surface area contributed by atoms with Gasteiger partial charge < -0.3 is 20.1 Å². The number of hydrogen-bond donors (Lipinski definition) is 1. The van der Waals surface area contributed by atoms with E-state index in [1.807, 2.05) is 0 Å². The van der Waals surface area contributed by atoms with E-state index in [0.29, 0.717) is 17.1 Å². The number of hydrogen-bond acceptors (Lipinski definition) is 4. The van der Waals surface area contributed by atoms with Crippen LogP contribution in [0.3, 0.4) is 0 Å². The fourth-order valence-corrected chi connectivity index (χ4v) is 1.66. The van der Waals surface area contributed by atoms with E-state index in [2.05, 4.69) is 0 Å². The van der Waals surface area contributed by atoms with Crippen molar-refractivity contribution in [3.63, 3.8) is 0 Å².